The lowest BCUT2D eigenvalue weighted by molar-refractivity contribution is -0.123. The quantitative estimate of drug-likeness (QED) is 0.899. The van der Waals surface area contributed by atoms with E-state index in [-0.39, 0.29) is 17.6 Å². The molecule has 0 atom stereocenters. The van der Waals surface area contributed by atoms with Gasteiger partial charge in [0.1, 0.15) is 5.82 Å². The fraction of sp³-hybridized carbons (Fsp3) is 0.562. The molecule has 0 heterocycles. The summed E-state index contributed by atoms with van der Waals surface area (Å²) < 4.78 is 14.0. The van der Waals surface area contributed by atoms with Crippen molar-refractivity contribution >= 4 is 11.6 Å². The van der Waals surface area contributed by atoms with Gasteiger partial charge < -0.3 is 10.6 Å². The fourth-order valence-electron chi connectivity index (χ4n) is 2.84. The van der Waals surface area contributed by atoms with Gasteiger partial charge in [0.05, 0.1) is 5.69 Å². The Hall–Kier alpha value is -1.42. The van der Waals surface area contributed by atoms with E-state index in [4.69, 9.17) is 5.73 Å². The van der Waals surface area contributed by atoms with Crippen LogP contribution < -0.4 is 10.6 Å². The molecule has 20 heavy (non-hydrogen) atoms. The van der Waals surface area contributed by atoms with E-state index >= 15 is 0 Å². The molecule has 4 heteroatoms. The van der Waals surface area contributed by atoms with Crippen LogP contribution in [0.5, 0.6) is 0 Å². The van der Waals surface area contributed by atoms with Gasteiger partial charge in [0.15, 0.2) is 0 Å². The van der Waals surface area contributed by atoms with Crippen molar-refractivity contribution in [1.82, 2.24) is 0 Å². The molecule has 0 radical (unpaired) electrons. The minimum absolute atomic E-state index is 0.0427. The molecular formula is C16H23FN2O. The third-order valence-corrected chi connectivity index (χ3v) is 3.95. The van der Waals surface area contributed by atoms with Crippen molar-refractivity contribution in [1.29, 1.82) is 0 Å². The Labute approximate surface area is 120 Å². The van der Waals surface area contributed by atoms with E-state index in [1.165, 1.54) is 12.5 Å². The summed E-state index contributed by atoms with van der Waals surface area (Å²) in [5, 5.41) is 0. The van der Waals surface area contributed by atoms with Gasteiger partial charge >= 0.3 is 0 Å². The van der Waals surface area contributed by atoms with Gasteiger partial charge in [0.25, 0.3) is 0 Å². The van der Waals surface area contributed by atoms with E-state index in [2.05, 4.69) is 0 Å². The maximum atomic E-state index is 14.0. The fourth-order valence-corrected chi connectivity index (χ4v) is 2.84. The molecule has 0 unspecified atom stereocenters. The Morgan fingerprint density at radius 2 is 1.95 bits per heavy atom. The summed E-state index contributed by atoms with van der Waals surface area (Å²) >= 11 is 0. The van der Waals surface area contributed by atoms with Gasteiger partial charge in [-0.25, -0.2) is 4.39 Å². The van der Waals surface area contributed by atoms with Gasteiger partial charge in [-0.15, -0.1) is 0 Å². The highest BCUT2D eigenvalue weighted by Crippen LogP contribution is 2.28. The van der Waals surface area contributed by atoms with E-state index in [1.54, 1.807) is 23.1 Å². The Morgan fingerprint density at radius 1 is 1.25 bits per heavy atom. The zero-order valence-electron chi connectivity index (χ0n) is 11.9. The van der Waals surface area contributed by atoms with E-state index < -0.39 is 0 Å². The van der Waals surface area contributed by atoms with Crippen molar-refractivity contribution in [2.75, 3.05) is 18.0 Å². The van der Waals surface area contributed by atoms with E-state index in [0.29, 0.717) is 25.2 Å². The average molecular weight is 278 g/mol. The van der Waals surface area contributed by atoms with Crippen LogP contribution in [0.4, 0.5) is 10.1 Å². The monoisotopic (exact) mass is 278 g/mol. The molecule has 1 aromatic rings. The van der Waals surface area contributed by atoms with Crippen LogP contribution in [-0.2, 0) is 4.79 Å². The molecule has 0 bridgehead atoms. The average Bonchev–Trinajstić information content (AvgIpc) is 2.50. The van der Waals surface area contributed by atoms with Gasteiger partial charge in [-0.2, -0.15) is 0 Å². The van der Waals surface area contributed by atoms with E-state index in [1.807, 2.05) is 0 Å². The molecular weight excluding hydrogens is 255 g/mol. The molecule has 0 saturated heterocycles. The second-order valence-electron chi connectivity index (χ2n) is 5.42. The molecule has 1 amide bonds. The first kappa shape index (κ1) is 15.0. The van der Waals surface area contributed by atoms with E-state index in [9.17, 15) is 9.18 Å². The number of benzene rings is 1. The van der Waals surface area contributed by atoms with Crippen LogP contribution in [0, 0.1) is 11.7 Å². The molecule has 2 rings (SSSR count). The second kappa shape index (κ2) is 7.39. The molecule has 0 aliphatic heterocycles. The van der Waals surface area contributed by atoms with E-state index in [0.717, 1.165) is 25.7 Å². The number of halogens is 1. The minimum Gasteiger partial charge on any atom is -0.330 e. The van der Waals surface area contributed by atoms with Crippen LogP contribution in [0.1, 0.15) is 38.5 Å². The third kappa shape index (κ3) is 3.57. The highest BCUT2D eigenvalue weighted by atomic mass is 19.1. The first-order valence-corrected chi connectivity index (χ1v) is 7.50. The third-order valence-electron chi connectivity index (χ3n) is 3.95. The predicted molar refractivity (Wildman–Crippen MR) is 79.0 cm³/mol. The zero-order valence-corrected chi connectivity index (χ0v) is 11.9. The van der Waals surface area contributed by atoms with Crippen LogP contribution in [-0.4, -0.2) is 19.0 Å². The van der Waals surface area contributed by atoms with Gasteiger partial charge in [-0.05, 0) is 37.9 Å². The molecule has 3 nitrogen and oxygen atoms in total. The summed E-state index contributed by atoms with van der Waals surface area (Å²) in [6.07, 6.45) is 5.93. The summed E-state index contributed by atoms with van der Waals surface area (Å²) in [5.41, 5.74) is 5.93. The summed E-state index contributed by atoms with van der Waals surface area (Å²) in [6, 6.07) is 6.48. The van der Waals surface area contributed by atoms with Crippen LogP contribution in [0.3, 0.4) is 0 Å². The zero-order chi connectivity index (χ0) is 14.4. The van der Waals surface area contributed by atoms with Crippen LogP contribution in [0.15, 0.2) is 24.3 Å². The number of rotatable bonds is 5. The minimum atomic E-state index is -0.339. The molecule has 110 valence electrons. The van der Waals surface area contributed by atoms with Crippen molar-refractivity contribution < 1.29 is 9.18 Å². The highest BCUT2D eigenvalue weighted by Gasteiger charge is 2.27. The van der Waals surface area contributed by atoms with Crippen LogP contribution in [0.25, 0.3) is 0 Å². The largest absolute Gasteiger partial charge is 0.330 e. The Morgan fingerprint density at radius 3 is 2.60 bits per heavy atom. The van der Waals surface area contributed by atoms with Gasteiger partial charge in [-0.1, -0.05) is 31.4 Å². The molecule has 0 spiro atoms. The maximum absolute atomic E-state index is 14.0. The van der Waals surface area contributed by atoms with Crippen LogP contribution >= 0.6 is 0 Å². The summed E-state index contributed by atoms with van der Waals surface area (Å²) in [5.74, 6) is -0.238. The molecule has 0 aromatic heterocycles. The van der Waals surface area contributed by atoms with Crippen molar-refractivity contribution in [3.8, 4) is 0 Å². The lowest BCUT2D eigenvalue weighted by atomic mass is 9.88. The number of nitrogens with two attached hydrogens (primary N) is 1. The van der Waals surface area contributed by atoms with Gasteiger partial charge in [-0.3, -0.25) is 4.79 Å². The SMILES string of the molecule is NCCCN(C(=O)C1CCCCC1)c1ccccc1F. The van der Waals surface area contributed by atoms with Crippen molar-refractivity contribution in [3.63, 3.8) is 0 Å². The van der Waals surface area contributed by atoms with Crippen LogP contribution in [0.2, 0.25) is 0 Å². The molecule has 2 N–H and O–H groups in total. The molecule has 1 aliphatic rings. The lowest BCUT2D eigenvalue weighted by Crippen LogP contribution is -2.39. The maximum Gasteiger partial charge on any atom is 0.230 e. The van der Waals surface area contributed by atoms with Crippen molar-refractivity contribution in [3.05, 3.63) is 30.1 Å². The Bertz CT molecular complexity index is 444. The number of amides is 1. The Kier molecular flexibility index (Phi) is 5.53. The smallest absolute Gasteiger partial charge is 0.230 e. The molecule has 1 aliphatic carbocycles. The standard InChI is InChI=1S/C16H23FN2O/c17-14-9-4-5-10-15(14)19(12-6-11-18)16(20)13-7-2-1-3-8-13/h4-5,9-10,13H,1-3,6-8,11-12,18H2. The summed E-state index contributed by atoms with van der Waals surface area (Å²) in [6.45, 7) is 0.996. The number of nitrogens with zero attached hydrogens (tertiary/aromatic N) is 1. The Balaban J connectivity index is 2.18. The lowest BCUT2D eigenvalue weighted by Gasteiger charge is -2.29. The van der Waals surface area contributed by atoms with Gasteiger partial charge in [0, 0.05) is 12.5 Å². The second-order valence-corrected chi connectivity index (χ2v) is 5.42. The first-order valence-electron chi connectivity index (χ1n) is 7.50. The topological polar surface area (TPSA) is 46.3 Å². The highest BCUT2D eigenvalue weighted by molar-refractivity contribution is 5.95. The molecule has 1 fully saturated rings. The number of carbonyl (C=O) groups excluding carboxylic acids is 1. The van der Waals surface area contributed by atoms with Gasteiger partial charge in [0.2, 0.25) is 5.91 Å². The van der Waals surface area contributed by atoms with Crippen molar-refractivity contribution in [2.24, 2.45) is 11.7 Å². The molecule has 1 saturated carbocycles. The normalized spacial score (nSPS) is 16.1. The number of carbonyl (C=O) groups is 1. The number of hydrogen-bond donors (Lipinski definition) is 1. The number of hydrogen-bond acceptors (Lipinski definition) is 2. The first-order chi connectivity index (χ1) is 9.74. The molecule has 1 aromatic carbocycles. The summed E-state index contributed by atoms with van der Waals surface area (Å²) in [7, 11) is 0. The number of anilines is 1. The number of para-hydroxylation sites is 1. The van der Waals surface area contributed by atoms with Crippen molar-refractivity contribution in [2.45, 2.75) is 38.5 Å². The summed E-state index contributed by atoms with van der Waals surface area (Å²) in [4.78, 5) is 14.3. The predicted octanol–water partition coefficient (Wildman–Crippen LogP) is 3.09.